The first-order valence-electron chi connectivity index (χ1n) is 6.71. The van der Waals surface area contributed by atoms with Gasteiger partial charge < -0.3 is 4.74 Å². The lowest BCUT2D eigenvalue weighted by atomic mass is 10.1. The van der Waals surface area contributed by atoms with Gasteiger partial charge in [0.15, 0.2) is 0 Å². The number of thioether (sulfide) groups is 1. The van der Waals surface area contributed by atoms with Crippen LogP contribution in [0.2, 0.25) is 0 Å². The first kappa shape index (κ1) is 13.1. The van der Waals surface area contributed by atoms with Gasteiger partial charge in [0.05, 0.1) is 6.61 Å². The Morgan fingerprint density at radius 2 is 1.50 bits per heavy atom. The maximum absolute atomic E-state index is 5.81. The van der Waals surface area contributed by atoms with E-state index in [-0.39, 0.29) is 0 Å². The van der Waals surface area contributed by atoms with Crippen molar-refractivity contribution in [3.05, 3.63) is 72.8 Å². The van der Waals surface area contributed by atoms with Crippen molar-refractivity contribution in [2.75, 3.05) is 12.4 Å². The Hall–Kier alpha value is -1.93. The summed E-state index contributed by atoms with van der Waals surface area (Å²) in [6.45, 7) is 0.720. The number of hydrogen-bond donors (Lipinski definition) is 0. The lowest BCUT2D eigenvalue weighted by Gasteiger charge is -2.07. The molecule has 3 rings (SSSR count). The second kappa shape index (κ2) is 6.49. The summed E-state index contributed by atoms with van der Waals surface area (Å²) in [6, 6.07) is 25.0. The van der Waals surface area contributed by atoms with E-state index in [2.05, 4.69) is 60.7 Å². The molecule has 0 saturated heterocycles. The van der Waals surface area contributed by atoms with Gasteiger partial charge in [-0.25, -0.2) is 0 Å². The second-order valence-corrected chi connectivity index (χ2v) is 5.69. The van der Waals surface area contributed by atoms with E-state index in [0.29, 0.717) is 0 Å². The van der Waals surface area contributed by atoms with E-state index in [9.17, 15) is 0 Å². The minimum Gasteiger partial charge on any atom is -0.493 e. The number of ether oxygens (including phenoxy) is 1. The van der Waals surface area contributed by atoms with Crippen molar-refractivity contribution in [1.82, 2.24) is 0 Å². The van der Waals surface area contributed by atoms with Crippen LogP contribution in [0.5, 0.6) is 5.75 Å². The maximum atomic E-state index is 5.81. The molecule has 0 aromatic heterocycles. The van der Waals surface area contributed by atoms with E-state index < -0.39 is 0 Å². The van der Waals surface area contributed by atoms with Crippen molar-refractivity contribution in [3.8, 4) is 5.75 Å². The summed E-state index contributed by atoms with van der Waals surface area (Å²) in [5, 5.41) is 2.47. The standard InChI is InChI=1S/C18H16OS/c1-2-8-18(9-3-1)20-13-12-19-17-11-10-15-6-4-5-7-16(15)14-17/h1-11,14H,12-13H2. The Balaban J connectivity index is 1.55. The highest BCUT2D eigenvalue weighted by atomic mass is 32.2. The molecule has 0 unspecified atom stereocenters. The highest BCUT2D eigenvalue weighted by molar-refractivity contribution is 7.99. The van der Waals surface area contributed by atoms with Crippen LogP contribution in [0.4, 0.5) is 0 Å². The Morgan fingerprint density at radius 3 is 2.35 bits per heavy atom. The summed E-state index contributed by atoms with van der Waals surface area (Å²) in [5.41, 5.74) is 0. The number of rotatable bonds is 5. The van der Waals surface area contributed by atoms with Crippen molar-refractivity contribution < 1.29 is 4.74 Å². The van der Waals surface area contributed by atoms with Gasteiger partial charge in [0, 0.05) is 10.6 Å². The average molecular weight is 280 g/mol. The Morgan fingerprint density at radius 1 is 0.750 bits per heavy atom. The second-order valence-electron chi connectivity index (χ2n) is 4.52. The van der Waals surface area contributed by atoms with E-state index in [4.69, 9.17) is 4.74 Å². The molecule has 20 heavy (non-hydrogen) atoms. The molecular formula is C18H16OS. The van der Waals surface area contributed by atoms with Crippen molar-refractivity contribution in [1.29, 1.82) is 0 Å². The molecule has 1 nitrogen and oxygen atoms in total. The summed E-state index contributed by atoms with van der Waals surface area (Å²) < 4.78 is 5.81. The van der Waals surface area contributed by atoms with E-state index >= 15 is 0 Å². The minimum absolute atomic E-state index is 0.720. The predicted molar refractivity (Wildman–Crippen MR) is 86.6 cm³/mol. The van der Waals surface area contributed by atoms with Crippen LogP contribution in [-0.2, 0) is 0 Å². The van der Waals surface area contributed by atoms with Crippen LogP contribution in [0, 0.1) is 0 Å². The van der Waals surface area contributed by atoms with Gasteiger partial charge in [-0.1, -0.05) is 48.5 Å². The fourth-order valence-corrected chi connectivity index (χ4v) is 2.84. The van der Waals surface area contributed by atoms with Crippen LogP contribution in [0.1, 0.15) is 0 Å². The maximum Gasteiger partial charge on any atom is 0.119 e. The zero-order chi connectivity index (χ0) is 13.6. The normalized spacial score (nSPS) is 10.6. The number of fused-ring (bicyclic) bond motifs is 1. The Kier molecular flexibility index (Phi) is 4.24. The third-order valence-electron chi connectivity index (χ3n) is 3.08. The van der Waals surface area contributed by atoms with Gasteiger partial charge in [0.2, 0.25) is 0 Å². The van der Waals surface area contributed by atoms with Crippen LogP contribution >= 0.6 is 11.8 Å². The van der Waals surface area contributed by atoms with Gasteiger partial charge in [-0.2, -0.15) is 0 Å². The van der Waals surface area contributed by atoms with Crippen LogP contribution in [0.3, 0.4) is 0 Å². The topological polar surface area (TPSA) is 9.23 Å². The summed E-state index contributed by atoms with van der Waals surface area (Å²) in [7, 11) is 0. The van der Waals surface area contributed by atoms with Gasteiger partial charge in [-0.15, -0.1) is 11.8 Å². The molecule has 0 amide bonds. The third-order valence-corrected chi connectivity index (χ3v) is 4.06. The fraction of sp³-hybridized carbons (Fsp3) is 0.111. The van der Waals surface area contributed by atoms with Crippen LogP contribution < -0.4 is 4.74 Å². The zero-order valence-electron chi connectivity index (χ0n) is 11.2. The minimum atomic E-state index is 0.720. The smallest absolute Gasteiger partial charge is 0.119 e. The van der Waals surface area contributed by atoms with Crippen molar-refractivity contribution >= 4 is 22.5 Å². The molecule has 2 heteroatoms. The molecule has 100 valence electrons. The van der Waals surface area contributed by atoms with Crippen molar-refractivity contribution in [3.63, 3.8) is 0 Å². The molecule has 0 aliphatic rings. The molecule has 0 fully saturated rings. The van der Waals surface area contributed by atoms with Crippen LogP contribution in [-0.4, -0.2) is 12.4 Å². The van der Waals surface area contributed by atoms with Gasteiger partial charge in [0.1, 0.15) is 5.75 Å². The molecule has 0 spiro atoms. The largest absolute Gasteiger partial charge is 0.493 e. The zero-order valence-corrected chi connectivity index (χ0v) is 12.0. The monoisotopic (exact) mass is 280 g/mol. The molecule has 0 N–H and O–H groups in total. The summed E-state index contributed by atoms with van der Waals surface area (Å²) in [6.07, 6.45) is 0. The van der Waals surface area contributed by atoms with E-state index in [1.54, 1.807) is 0 Å². The lowest BCUT2D eigenvalue weighted by Crippen LogP contribution is -1.99. The lowest BCUT2D eigenvalue weighted by molar-refractivity contribution is 0.344. The van der Waals surface area contributed by atoms with Gasteiger partial charge >= 0.3 is 0 Å². The Bertz CT molecular complexity index is 679. The molecule has 0 radical (unpaired) electrons. The van der Waals surface area contributed by atoms with Crippen LogP contribution in [0.15, 0.2) is 77.7 Å². The first-order chi connectivity index (χ1) is 9.92. The van der Waals surface area contributed by atoms with E-state index in [1.807, 2.05) is 23.9 Å². The highest BCUT2D eigenvalue weighted by Crippen LogP contribution is 2.21. The summed E-state index contributed by atoms with van der Waals surface area (Å²) >= 11 is 1.82. The molecule has 0 aliphatic carbocycles. The SMILES string of the molecule is c1ccc(SCCOc2ccc3ccccc3c2)cc1. The van der Waals surface area contributed by atoms with E-state index in [0.717, 1.165) is 18.1 Å². The predicted octanol–water partition coefficient (Wildman–Crippen LogP) is 5.01. The van der Waals surface area contributed by atoms with E-state index in [1.165, 1.54) is 15.7 Å². The Labute approximate surface area is 123 Å². The molecule has 3 aromatic rings. The number of benzene rings is 3. The molecule has 0 saturated carbocycles. The van der Waals surface area contributed by atoms with Gasteiger partial charge in [-0.3, -0.25) is 0 Å². The highest BCUT2D eigenvalue weighted by Gasteiger charge is 1.98. The molecule has 0 atom stereocenters. The fourth-order valence-electron chi connectivity index (χ4n) is 2.09. The van der Waals surface area contributed by atoms with Gasteiger partial charge in [-0.05, 0) is 35.0 Å². The summed E-state index contributed by atoms with van der Waals surface area (Å²) in [5.74, 6) is 1.90. The van der Waals surface area contributed by atoms with Crippen molar-refractivity contribution in [2.45, 2.75) is 4.90 Å². The molecular weight excluding hydrogens is 264 g/mol. The van der Waals surface area contributed by atoms with Crippen LogP contribution in [0.25, 0.3) is 10.8 Å². The molecule has 0 heterocycles. The molecule has 0 bridgehead atoms. The third kappa shape index (κ3) is 3.34. The van der Waals surface area contributed by atoms with Crippen molar-refractivity contribution in [2.24, 2.45) is 0 Å². The average Bonchev–Trinajstić information content (AvgIpc) is 2.52. The summed E-state index contributed by atoms with van der Waals surface area (Å²) in [4.78, 5) is 1.29. The number of hydrogen-bond acceptors (Lipinski definition) is 2. The molecule has 0 aliphatic heterocycles. The first-order valence-corrected chi connectivity index (χ1v) is 7.70. The molecule has 3 aromatic carbocycles. The quantitative estimate of drug-likeness (QED) is 0.480. The van der Waals surface area contributed by atoms with Gasteiger partial charge in [0.25, 0.3) is 0 Å².